The lowest BCUT2D eigenvalue weighted by Gasteiger charge is -2.34. The molecule has 36 heavy (non-hydrogen) atoms. The average Bonchev–Trinajstić information content (AvgIpc) is 3.33. The van der Waals surface area contributed by atoms with Crippen molar-refractivity contribution in [1.82, 2.24) is 14.2 Å². The minimum Gasteiger partial charge on any atom is -0.345 e. The van der Waals surface area contributed by atoms with Gasteiger partial charge in [-0.1, -0.05) is 30.6 Å². The van der Waals surface area contributed by atoms with Gasteiger partial charge in [-0.25, -0.2) is 22.2 Å². The summed E-state index contributed by atoms with van der Waals surface area (Å²) in [4.78, 5) is 21.2. The fraction of sp³-hybridized carbons (Fsp3) is 0.440. The molecule has 3 aromatic rings. The van der Waals surface area contributed by atoms with Crippen molar-refractivity contribution in [2.45, 2.75) is 43.0 Å². The quantitative estimate of drug-likeness (QED) is 0.482. The molecule has 1 amide bonds. The summed E-state index contributed by atoms with van der Waals surface area (Å²) in [7, 11) is -1.98. The highest BCUT2D eigenvalue weighted by Gasteiger charge is 2.30. The molecule has 1 aliphatic heterocycles. The molecule has 1 aliphatic carbocycles. The number of carbonyl (C=O) groups is 1. The first-order valence-electron chi connectivity index (χ1n) is 12.1. The molecular weight excluding hydrogens is 506 g/mol. The Morgan fingerprint density at radius 2 is 1.69 bits per heavy atom. The average molecular weight is 535 g/mol. The molecule has 192 valence electrons. The van der Waals surface area contributed by atoms with Crippen LogP contribution in [0.3, 0.4) is 0 Å². The van der Waals surface area contributed by atoms with Gasteiger partial charge >= 0.3 is 0 Å². The van der Waals surface area contributed by atoms with Crippen LogP contribution in [0.5, 0.6) is 0 Å². The normalized spacial score (nSPS) is 17.8. The first-order chi connectivity index (χ1) is 17.2. The number of carbonyl (C=O) groups excluding carboxylic acids is 1. The van der Waals surface area contributed by atoms with Gasteiger partial charge in [0.05, 0.1) is 9.60 Å². The maximum atomic E-state index is 14.0. The molecule has 0 unspecified atom stereocenters. The topological polar surface area (TPSA) is 73.8 Å². The molecule has 1 aromatic heterocycles. The van der Waals surface area contributed by atoms with Crippen molar-refractivity contribution >= 4 is 42.6 Å². The molecule has 0 atom stereocenters. The van der Waals surface area contributed by atoms with E-state index in [9.17, 15) is 22.0 Å². The Hall–Kier alpha value is -2.63. The van der Waals surface area contributed by atoms with Crippen LogP contribution >= 0.6 is 11.3 Å². The van der Waals surface area contributed by atoms with Gasteiger partial charge in [-0.15, -0.1) is 0 Å². The van der Waals surface area contributed by atoms with E-state index in [1.165, 1.54) is 33.8 Å². The first kappa shape index (κ1) is 25.0. The molecule has 0 spiro atoms. The van der Waals surface area contributed by atoms with Gasteiger partial charge in [-0.3, -0.25) is 4.79 Å². The van der Waals surface area contributed by atoms with Crippen LogP contribution in [0.2, 0.25) is 0 Å². The summed E-state index contributed by atoms with van der Waals surface area (Å²) in [6.07, 6.45) is 4.98. The van der Waals surface area contributed by atoms with Gasteiger partial charge in [0.1, 0.15) is 11.3 Å². The smallest absolute Gasteiger partial charge is 0.253 e. The summed E-state index contributed by atoms with van der Waals surface area (Å²) in [5, 5.41) is 0.596. The number of rotatable bonds is 5. The Labute approximate surface area is 213 Å². The molecule has 1 saturated carbocycles. The predicted octanol–water partition coefficient (Wildman–Crippen LogP) is 4.49. The van der Waals surface area contributed by atoms with Crippen molar-refractivity contribution in [2.75, 3.05) is 38.1 Å². The summed E-state index contributed by atoms with van der Waals surface area (Å²) in [6, 6.07) is 8.28. The van der Waals surface area contributed by atoms with Crippen molar-refractivity contribution in [3.8, 4) is 0 Å². The molecule has 2 heterocycles. The summed E-state index contributed by atoms with van der Waals surface area (Å²) in [5.41, 5.74) is 0.583. The summed E-state index contributed by atoms with van der Waals surface area (Å²) < 4.78 is 55.6. The molecule has 0 bridgehead atoms. The minimum absolute atomic E-state index is 0.0206. The monoisotopic (exact) mass is 534 g/mol. The number of amides is 1. The van der Waals surface area contributed by atoms with E-state index >= 15 is 0 Å². The maximum absolute atomic E-state index is 14.0. The zero-order chi connectivity index (χ0) is 25.4. The van der Waals surface area contributed by atoms with Gasteiger partial charge in [-0.2, -0.15) is 4.31 Å². The van der Waals surface area contributed by atoms with Crippen LogP contribution < -0.4 is 4.90 Å². The van der Waals surface area contributed by atoms with E-state index in [1.54, 1.807) is 24.1 Å². The lowest BCUT2D eigenvalue weighted by atomic mass is 9.96. The first-order valence-corrected chi connectivity index (χ1v) is 14.4. The zero-order valence-corrected chi connectivity index (χ0v) is 21.6. The SMILES string of the molecule is CN(C1CCCCC1)S(=O)(=O)c1ccc(C(=O)N2CCN(c3nc4c(F)cc(F)cc4s3)CC2)cc1. The number of piperazine rings is 1. The highest BCUT2D eigenvalue weighted by molar-refractivity contribution is 7.89. The van der Waals surface area contributed by atoms with Crippen molar-refractivity contribution in [2.24, 2.45) is 0 Å². The van der Waals surface area contributed by atoms with E-state index < -0.39 is 21.7 Å². The highest BCUT2D eigenvalue weighted by atomic mass is 32.2. The van der Waals surface area contributed by atoms with E-state index in [0.29, 0.717) is 41.6 Å². The fourth-order valence-electron chi connectivity index (χ4n) is 4.94. The zero-order valence-electron chi connectivity index (χ0n) is 20.0. The Bertz CT molecular complexity index is 1360. The third-order valence-electron chi connectivity index (χ3n) is 7.11. The van der Waals surface area contributed by atoms with Gasteiger partial charge in [0.15, 0.2) is 10.9 Å². The van der Waals surface area contributed by atoms with E-state index in [-0.39, 0.29) is 22.4 Å². The molecule has 5 rings (SSSR count). The van der Waals surface area contributed by atoms with Gasteiger partial charge < -0.3 is 9.80 Å². The molecule has 2 aliphatic rings. The third kappa shape index (κ3) is 4.83. The predicted molar refractivity (Wildman–Crippen MR) is 136 cm³/mol. The van der Waals surface area contributed by atoms with Crippen LogP contribution in [0, 0.1) is 11.6 Å². The standard InChI is InChI=1S/C25H28F2N4O3S2/c1-29(19-5-3-2-4-6-19)36(33,34)20-9-7-17(8-10-20)24(32)30-11-13-31(14-12-30)25-28-23-21(27)15-18(26)16-22(23)35-25/h7-10,15-16,19H,2-6,11-14H2,1H3. The van der Waals surface area contributed by atoms with Crippen LogP contribution in [0.15, 0.2) is 41.3 Å². The second kappa shape index (κ2) is 10.0. The lowest BCUT2D eigenvalue weighted by Crippen LogP contribution is -2.48. The summed E-state index contributed by atoms with van der Waals surface area (Å²) in [6.45, 7) is 1.90. The van der Waals surface area contributed by atoms with Crippen molar-refractivity contribution in [3.05, 3.63) is 53.6 Å². The number of hydrogen-bond donors (Lipinski definition) is 0. The molecule has 2 fully saturated rings. The van der Waals surface area contributed by atoms with Crippen molar-refractivity contribution < 1.29 is 22.0 Å². The van der Waals surface area contributed by atoms with Crippen LogP contribution in [0.1, 0.15) is 42.5 Å². The number of anilines is 1. The lowest BCUT2D eigenvalue weighted by molar-refractivity contribution is 0.0746. The number of halogens is 2. The molecule has 0 N–H and O–H groups in total. The van der Waals surface area contributed by atoms with Crippen LogP contribution in [0.25, 0.3) is 10.2 Å². The van der Waals surface area contributed by atoms with Gasteiger partial charge in [0, 0.05) is 50.9 Å². The fourth-order valence-corrected chi connectivity index (χ4v) is 7.41. The maximum Gasteiger partial charge on any atom is 0.253 e. The van der Waals surface area contributed by atoms with Gasteiger partial charge in [-0.05, 0) is 43.2 Å². The van der Waals surface area contributed by atoms with Crippen LogP contribution in [-0.4, -0.2) is 67.8 Å². The molecular formula is C25H28F2N4O3S2. The number of benzene rings is 2. The Kier molecular flexibility index (Phi) is 6.97. The number of hydrogen-bond acceptors (Lipinski definition) is 6. The Balaban J connectivity index is 1.23. The second-order valence-electron chi connectivity index (χ2n) is 9.35. The molecule has 2 aromatic carbocycles. The Morgan fingerprint density at radius 3 is 2.36 bits per heavy atom. The summed E-state index contributed by atoms with van der Waals surface area (Å²) in [5.74, 6) is -1.49. The van der Waals surface area contributed by atoms with Crippen LogP contribution in [0.4, 0.5) is 13.9 Å². The van der Waals surface area contributed by atoms with E-state index in [0.717, 1.165) is 38.2 Å². The number of nitrogens with zero attached hydrogens (tertiary/aromatic N) is 4. The highest BCUT2D eigenvalue weighted by Crippen LogP contribution is 2.32. The van der Waals surface area contributed by atoms with Gasteiger partial charge in [0.25, 0.3) is 5.91 Å². The second-order valence-corrected chi connectivity index (χ2v) is 12.4. The van der Waals surface area contributed by atoms with Gasteiger partial charge in [0.2, 0.25) is 10.0 Å². The van der Waals surface area contributed by atoms with Crippen molar-refractivity contribution in [3.63, 3.8) is 0 Å². The van der Waals surface area contributed by atoms with Crippen LogP contribution in [-0.2, 0) is 10.0 Å². The number of aromatic nitrogens is 1. The molecule has 11 heteroatoms. The van der Waals surface area contributed by atoms with E-state index in [4.69, 9.17) is 0 Å². The number of sulfonamides is 1. The Morgan fingerprint density at radius 1 is 1.03 bits per heavy atom. The largest absolute Gasteiger partial charge is 0.345 e. The summed E-state index contributed by atoms with van der Waals surface area (Å²) >= 11 is 1.22. The molecule has 7 nitrogen and oxygen atoms in total. The minimum atomic E-state index is -3.62. The van der Waals surface area contributed by atoms with Crippen molar-refractivity contribution in [1.29, 1.82) is 0 Å². The third-order valence-corrected chi connectivity index (χ3v) is 10.1. The number of fused-ring (bicyclic) bond motifs is 1. The molecule has 1 saturated heterocycles. The van der Waals surface area contributed by atoms with E-state index in [1.807, 2.05) is 4.90 Å². The van der Waals surface area contributed by atoms with E-state index in [2.05, 4.69) is 4.98 Å². The molecule has 0 radical (unpaired) electrons. The number of thiazole rings is 1.